The van der Waals surface area contributed by atoms with Crippen molar-refractivity contribution in [1.29, 1.82) is 0 Å². The van der Waals surface area contributed by atoms with Gasteiger partial charge in [0, 0.05) is 0 Å². The Kier molecular flexibility index (Phi) is 4.93. The molecule has 0 bridgehead atoms. The SMILES string of the molecule is O=C(O)c1ccccc1O.[O]=[Al]. The van der Waals surface area contributed by atoms with Crippen molar-refractivity contribution in [1.82, 2.24) is 0 Å². The predicted octanol–water partition coefficient (Wildman–Crippen LogP) is 0.591. The van der Waals surface area contributed by atoms with Crippen molar-refractivity contribution in [3.05, 3.63) is 29.8 Å². The molecule has 0 aliphatic heterocycles. The normalized spacial score (nSPS) is 7.92. The van der Waals surface area contributed by atoms with Crippen LogP contribution < -0.4 is 0 Å². The summed E-state index contributed by atoms with van der Waals surface area (Å²) < 4.78 is 8.17. The molecule has 0 aliphatic carbocycles. The topological polar surface area (TPSA) is 74.6 Å². The molecule has 0 amide bonds. The monoisotopic (exact) mass is 181 g/mol. The van der Waals surface area contributed by atoms with Crippen molar-refractivity contribution in [2.45, 2.75) is 0 Å². The number of hydrogen-bond acceptors (Lipinski definition) is 3. The second-order valence-electron chi connectivity index (χ2n) is 1.82. The molecule has 2 N–H and O–H groups in total. The van der Waals surface area contributed by atoms with Crippen molar-refractivity contribution >= 4 is 22.2 Å². The number of carbonyl (C=O) groups is 1. The maximum atomic E-state index is 10.3. The van der Waals surface area contributed by atoms with E-state index in [1.807, 2.05) is 0 Å². The zero-order valence-corrected chi connectivity index (χ0v) is 7.25. The van der Waals surface area contributed by atoms with Gasteiger partial charge in [-0.1, -0.05) is 12.1 Å². The van der Waals surface area contributed by atoms with Gasteiger partial charge in [0.25, 0.3) is 0 Å². The summed E-state index contributed by atoms with van der Waals surface area (Å²) in [5, 5.41) is 17.3. The molecule has 0 saturated carbocycles. The number of para-hydroxylation sites is 1. The fraction of sp³-hybridized carbons (Fsp3) is 0. The molecule has 0 aromatic heterocycles. The first-order valence-electron chi connectivity index (χ1n) is 2.96. The van der Waals surface area contributed by atoms with E-state index in [0.717, 1.165) is 0 Å². The average molecular weight is 181 g/mol. The fourth-order valence-electron chi connectivity index (χ4n) is 0.654. The first-order chi connectivity index (χ1) is 5.72. The van der Waals surface area contributed by atoms with Crippen LogP contribution in [-0.2, 0) is 3.80 Å². The van der Waals surface area contributed by atoms with Gasteiger partial charge in [-0.05, 0) is 12.1 Å². The van der Waals surface area contributed by atoms with E-state index >= 15 is 0 Å². The summed E-state index contributed by atoms with van der Waals surface area (Å²) in [6.07, 6.45) is 0. The van der Waals surface area contributed by atoms with Gasteiger partial charge in [0.05, 0.1) is 0 Å². The molecule has 5 heteroatoms. The minimum absolute atomic E-state index is 0.0671. The van der Waals surface area contributed by atoms with Crippen LogP contribution >= 0.6 is 0 Å². The van der Waals surface area contributed by atoms with Gasteiger partial charge in [0.15, 0.2) is 0 Å². The van der Waals surface area contributed by atoms with E-state index in [2.05, 4.69) is 0 Å². The number of carboxylic acid groups (broad SMARTS) is 1. The molecule has 0 spiro atoms. The number of hydrogen-bond donors (Lipinski definition) is 2. The van der Waals surface area contributed by atoms with Crippen LogP contribution in [-0.4, -0.2) is 32.4 Å². The van der Waals surface area contributed by atoms with Crippen LogP contribution in [0.3, 0.4) is 0 Å². The molecular weight excluding hydrogens is 175 g/mol. The van der Waals surface area contributed by atoms with E-state index < -0.39 is 5.97 Å². The molecule has 0 unspecified atom stereocenters. The Hall–Kier alpha value is -1.18. The summed E-state index contributed by atoms with van der Waals surface area (Å²) in [6, 6.07) is 5.81. The summed E-state index contributed by atoms with van der Waals surface area (Å²) in [5.41, 5.74) is -0.0671. The molecule has 0 heterocycles. The summed E-state index contributed by atoms with van der Waals surface area (Å²) in [5.74, 6) is -1.31. The Balaban J connectivity index is 0.000000561. The molecule has 1 rings (SSSR count). The van der Waals surface area contributed by atoms with Crippen LogP contribution in [0.5, 0.6) is 5.75 Å². The first-order valence-corrected chi connectivity index (χ1v) is 3.44. The molecule has 0 fully saturated rings. The first kappa shape index (κ1) is 10.8. The molecule has 0 aliphatic rings. The molecule has 4 nitrogen and oxygen atoms in total. The van der Waals surface area contributed by atoms with Crippen LogP contribution in [0.25, 0.3) is 0 Å². The van der Waals surface area contributed by atoms with E-state index in [9.17, 15) is 4.79 Å². The summed E-state index contributed by atoms with van der Waals surface area (Å²) in [7, 11) is 0. The van der Waals surface area contributed by atoms with Gasteiger partial charge in [-0.15, -0.1) is 0 Å². The van der Waals surface area contributed by atoms with E-state index in [4.69, 9.17) is 14.0 Å². The van der Waals surface area contributed by atoms with Crippen LogP contribution in [0.4, 0.5) is 0 Å². The molecule has 0 atom stereocenters. The third kappa shape index (κ3) is 2.83. The van der Waals surface area contributed by atoms with Gasteiger partial charge in [0.2, 0.25) is 0 Å². The number of benzene rings is 1. The number of aromatic carboxylic acids is 1. The van der Waals surface area contributed by atoms with Crippen molar-refractivity contribution in [2.24, 2.45) is 0 Å². The molecule has 1 aromatic rings. The van der Waals surface area contributed by atoms with Gasteiger partial charge in [0.1, 0.15) is 11.3 Å². The Bertz CT molecular complexity index is 274. The number of carboxylic acids is 1. The van der Waals surface area contributed by atoms with E-state index in [-0.39, 0.29) is 11.3 Å². The molecule has 1 aromatic carbocycles. The Morgan fingerprint density at radius 2 is 1.75 bits per heavy atom. The quantitative estimate of drug-likeness (QED) is 0.622. The van der Waals surface area contributed by atoms with E-state index in [0.29, 0.717) is 0 Å². The Labute approximate surface area is 77.1 Å². The molecule has 0 saturated heterocycles. The van der Waals surface area contributed by atoms with Crippen molar-refractivity contribution in [2.75, 3.05) is 0 Å². The second-order valence-corrected chi connectivity index (χ2v) is 1.82. The van der Waals surface area contributed by atoms with Crippen LogP contribution in [0, 0.1) is 0 Å². The maximum absolute atomic E-state index is 10.3. The van der Waals surface area contributed by atoms with Crippen LogP contribution in [0.2, 0.25) is 0 Å². The zero-order valence-electron chi connectivity index (χ0n) is 6.10. The second kappa shape index (κ2) is 5.47. The number of aromatic hydroxyl groups is 1. The number of phenols is 1. The fourth-order valence-corrected chi connectivity index (χ4v) is 0.654. The van der Waals surface area contributed by atoms with Gasteiger partial charge >= 0.3 is 26.0 Å². The number of rotatable bonds is 1. The molecular formula is C7H6AlO4. The Morgan fingerprint density at radius 3 is 2.08 bits per heavy atom. The predicted molar refractivity (Wildman–Crippen MR) is 41.5 cm³/mol. The van der Waals surface area contributed by atoms with Gasteiger partial charge in [-0.2, -0.15) is 0 Å². The molecule has 12 heavy (non-hydrogen) atoms. The van der Waals surface area contributed by atoms with Crippen LogP contribution in [0.1, 0.15) is 10.4 Å². The zero-order chi connectivity index (χ0) is 9.56. The third-order valence-corrected chi connectivity index (χ3v) is 1.13. The van der Waals surface area contributed by atoms with E-state index in [1.54, 1.807) is 12.1 Å². The van der Waals surface area contributed by atoms with Crippen molar-refractivity contribution < 1.29 is 18.8 Å². The standard InChI is InChI=1S/C7H6O3.Al.O/c8-6-4-2-1-3-5(6)7(9)10;;/h1-4,8H,(H,9,10);;. The third-order valence-electron chi connectivity index (χ3n) is 1.13. The Morgan fingerprint density at radius 1 is 1.25 bits per heavy atom. The van der Waals surface area contributed by atoms with Gasteiger partial charge in [-0.3, -0.25) is 0 Å². The van der Waals surface area contributed by atoms with Crippen molar-refractivity contribution in [3.63, 3.8) is 0 Å². The van der Waals surface area contributed by atoms with Crippen LogP contribution in [0.15, 0.2) is 24.3 Å². The summed E-state index contributed by atoms with van der Waals surface area (Å²) >= 11 is 1.17. The van der Waals surface area contributed by atoms with Gasteiger partial charge < -0.3 is 10.2 Å². The van der Waals surface area contributed by atoms with Crippen molar-refractivity contribution in [3.8, 4) is 5.75 Å². The van der Waals surface area contributed by atoms with Gasteiger partial charge in [-0.25, -0.2) is 4.79 Å². The molecule has 61 valence electrons. The summed E-state index contributed by atoms with van der Waals surface area (Å²) in [4.78, 5) is 10.3. The van der Waals surface area contributed by atoms with E-state index in [1.165, 1.54) is 28.4 Å². The average Bonchev–Trinajstić information content (AvgIpc) is 2.08. The minimum atomic E-state index is -1.11. The summed E-state index contributed by atoms with van der Waals surface area (Å²) in [6.45, 7) is 0. The molecule has 1 radical (unpaired) electrons.